The van der Waals surface area contributed by atoms with E-state index in [1.807, 2.05) is 6.92 Å². The Morgan fingerprint density at radius 3 is 2.08 bits per heavy atom. The lowest BCUT2D eigenvalue weighted by Gasteiger charge is -2.23. The molecule has 0 saturated carbocycles. The van der Waals surface area contributed by atoms with Gasteiger partial charge in [0.15, 0.2) is 0 Å². The highest BCUT2D eigenvalue weighted by atomic mass is 19.4. The number of hydrogen-bond acceptors (Lipinski definition) is 2. The van der Waals surface area contributed by atoms with Crippen molar-refractivity contribution in [1.82, 2.24) is 5.32 Å². The quantitative estimate of drug-likeness (QED) is 0.581. The minimum absolute atomic E-state index is 0.208. The number of benzene rings is 1. The van der Waals surface area contributed by atoms with Crippen LogP contribution in [0, 0.1) is 5.41 Å². The predicted octanol–water partition coefficient (Wildman–Crippen LogP) is 3.98. The van der Waals surface area contributed by atoms with Crippen molar-refractivity contribution in [3.63, 3.8) is 0 Å². The van der Waals surface area contributed by atoms with Gasteiger partial charge in [-0.1, -0.05) is 19.8 Å². The Morgan fingerprint density at radius 1 is 1.00 bits per heavy atom. The summed E-state index contributed by atoms with van der Waals surface area (Å²) in [7, 11) is 0. The molecule has 24 heavy (non-hydrogen) atoms. The van der Waals surface area contributed by atoms with Gasteiger partial charge >= 0.3 is 6.18 Å². The lowest BCUT2D eigenvalue weighted by molar-refractivity contribution is -0.139. The van der Waals surface area contributed by atoms with Gasteiger partial charge in [-0.3, -0.25) is 9.59 Å². The van der Waals surface area contributed by atoms with E-state index in [0.717, 1.165) is 43.5 Å². The molecule has 0 fully saturated rings. The van der Waals surface area contributed by atoms with Gasteiger partial charge in [-0.25, -0.2) is 0 Å². The molecule has 2 amide bonds. The first-order valence-electron chi connectivity index (χ1n) is 7.86. The largest absolute Gasteiger partial charge is 0.416 e. The average Bonchev–Trinajstić information content (AvgIpc) is 2.50. The summed E-state index contributed by atoms with van der Waals surface area (Å²) in [6.45, 7) is 5.48. The van der Waals surface area contributed by atoms with Gasteiger partial charge in [-0.2, -0.15) is 13.2 Å². The van der Waals surface area contributed by atoms with Crippen molar-refractivity contribution in [2.24, 2.45) is 5.41 Å². The maximum absolute atomic E-state index is 12.5. The Bertz CT molecular complexity index is 566. The second-order valence-electron chi connectivity index (χ2n) is 6.12. The Hall–Kier alpha value is -2.05. The van der Waals surface area contributed by atoms with E-state index < -0.39 is 29.0 Å². The number of alkyl halides is 3. The van der Waals surface area contributed by atoms with Crippen molar-refractivity contribution in [3.8, 4) is 0 Å². The lowest BCUT2D eigenvalue weighted by Crippen LogP contribution is -2.45. The van der Waals surface area contributed by atoms with Crippen LogP contribution in [0.1, 0.15) is 45.6 Å². The summed E-state index contributed by atoms with van der Waals surface area (Å²) in [5.41, 5.74) is -1.91. The fraction of sp³-hybridized carbons (Fsp3) is 0.529. The van der Waals surface area contributed by atoms with Crippen LogP contribution in [0.2, 0.25) is 0 Å². The molecule has 134 valence electrons. The number of hydrogen-bond donors (Lipinski definition) is 2. The minimum atomic E-state index is -4.43. The Labute approximate surface area is 139 Å². The highest BCUT2D eigenvalue weighted by molar-refractivity contribution is 6.09. The molecule has 2 N–H and O–H groups in total. The van der Waals surface area contributed by atoms with Crippen LogP contribution < -0.4 is 10.6 Å². The van der Waals surface area contributed by atoms with Crippen LogP contribution in [0.3, 0.4) is 0 Å². The molecule has 1 aromatic rings. The summed E-state index contributed by atoms with van der Waals surface area (Å²) < 4.78 is 37.5. The zero-order valence-electron chi connectivity index (χ0n) is 14.1. The standard InChI is InChI=1S/C17H23F3N2O2/c1-4-5-6-11-21-14(23)16(2,3)15(24)22-13-9-7-12(8-10-13)17(18,19)20/h7-10H,4-6,11H2,1-3H3,(H,21,23)(H,22,24). The van der Waals surface area contributed by atoms with Crippen molar-refractivity contribution in [3.05, 3.63) is 29.8 Å². The van der Waals surface area contributed by atoms with Crippen molar-refractivity contribution in [2.45, 2.75) is 46.2 Å². The third kappa shape index (κ3) is 5.54. The van der Waals surface area contributed by atoms with Crippen LogP contribution in [-0.4, -0.2) is 18.4 Å². The van der Waals surface area contributed by atoms with Gasteiger partial charge in [0.2, 0.25) is 11.8 Å². The topological polar surface area (TPSA) is 58.2 Å². The van der Waals surface area contributed by atoms with Crippen LogP contribution in [0.15, 0.2) is 24.3 Å². The summed E-state index contributed by atoms with van der Waals surface area (Å²) in [5.74, 6) is -0.988. The molecule has 0 aliphatic carbocycles. The second kappa shape index (κ2) is 8.17. The summed E-state index contributed by atoms with van der Waals surface area (Å²) in [6, 6.07) is 4.09. The summed E-state index contributed by atoms with van der Waals surface area (Å²) >= 11 is 0. The van der Waals surface area contributed by atoms with Crippen LogP contribution in [-0.2, 0) is 15.8 Å². The molecule has 0 radical (unpaired) electrons. The van der Waals surface area contributed by atoms with E-state index in [2.05, 4.69) is 10.6 Å². The smallest absolute Gasteiger partial charge is 0.355 e. The zero-order chi connectivity index (χ0) is 18.4. The summed E-state index contributed by atoms with van der Waals surface area (Å²) in [5, 5.41) is 5.18. The molecule has 0 bridgehead atoms. The van der Waals surface area contributed by atoms with E-state index in [9.17, 15) is 22.8 Å². The molecule has 0 aliphatic heterocycles. The van der Waals surface area contributed by atoms with Crippen LogP contribution in [0.25, 0.3) is 0 Å². The first kappa shape index (κ1) is 20.0. The Morgan fingerprint density at radius 2 is 1.58 bits per heavy atom. The molecule has 7 heteroatoms. The maximum atomic E-state index is 12.5. The number of halogens is 3. The third-order valence-corrected chi connectivity index (χ3v) is 3.67. The molecule has 0 heterocycles. The van der Waals surface area contributed by atoms with Gasteiger partial charge < -0.3 is 10.6 Å². The third-order valence-electron chi connectivity index (χ3n) is 3.67. The molecule has 1 rings (SSSR count). The number of carbonyl (C=O) groups is 2. The SMILES string of the molecule is CCCCCNC(=O)C(C)(C)C(=O)Nc1ccc(C(F)(F)F)cc1. The van der Waals surface area contributed by atoms with Crippen LogP contribution in [0.5, 0.6) is 0 Å². The molecule has 0 saturated heterocycles. The van der Waals surface area contributed by atoms with Crippen molar-refractivity contribution in [2.75, 3.05) is 11.9 Å². The van der Waals surface area contributed by atoms with Crippen LogP contribution >= 0.6 is 0 Å². The predicted molar refractivity (Wildman–Crippen MR) is 86.4 cm³/mol. The molecule has 0 atom stereocenters. The molecule has 0 unspecified atom stereocenters. The molecule has 4 nitrogen and oxygen atoms in total. The average molecular weight is 344 g/mol. The van der Waals surface area contributed by atoms with Gasteiger partial charge in [0.1, 0.15) is 5.41 Å². The van der Waals surface area contributed by atoms with E-state index in [4.69, 9.17) is 0 Å². The van der Waals surface area contributed by atoms with Gasteiger partial charge in [0.05, 0.1) is 5.56 Å². The van der Waals surface area contributed by atoms with E-state index in [1.54, 1.807) is 0 Å². The number of rotatable bonds is 7. The fourth-order valence-electron chi connectivity index (χ4n) is 1.93. The van der Waals surface area contributed by atoms with Gasteiger partial charge in [-0.05, 0) is 44.5 Å². The number of anilines is 1. The second-order valence-corrected chi connectivity index (χ2v) is 6.12. The molecule has 0 aromatic heterocycles. The van der Waals surface area contributed by atoms with Gasteiger partial charge in [0, 0.05) is 12.2 Å². The molecular weight excluding hydrogens is 321 g/mol. The zero-order valence-corrected chi connectivity index (χ0v) is 14.1. The molecule has 1 aromatic carbocycles. The summed E-state index contributed by atoms with van der Waals surface area (Å²) in [4.78, 5) is 24.4. The highest BCUT2D eigenvalue weighted by Gasteiger charge is 2.36. The first-order valence-corrected chi connectivity index (χ1v) is 7.86. The molecule has 0 spiro atoms. The lowest BCUT2D eigenvalue weighted by atomic mass is 9.91. The highest BCUT2D eigenvalue weighted by Crippen LogP contribution is 2.30. The number of carbonyl (C=O) groups excluding carboxylic acids is 2. The van der Waals surface area contributed by atoms with Crippen LogP contribution in [0.4, 0.5) is 18.9 Å². The van der Waals surface area contributed by atoms with Crippen molar-refractivity contribution < 1.29 is 22.8 Å². The van der Waals surface area contributed by atoms with Crippen molar-refractivity contribution in [1.29, 1.82) is 0 Å². The Kier molecular flexibility index (Phi) is 6.81. The van der Waals surface area contributed by atoms with Gasteiger partial charge in [0.25, 0.3) is 0 Å². The molecular formula is C17H23F3N2O2. The number of unbranched alkanes of at least 4 members (excludes halogenated alkanes) is 2. The molecule has 0 aliphatic rings. The van der Waals surface area contributed by atoms with E-state index in [-0.39, 0.29) is 5.69 Å². The van der Waals surface area contributed by atoms with E-state index in [0.29, 0.717) is 6.54 Å². The number of amides is 2. The Balaban J connectivity index is 2.66. The maximum Gasteiger partial charge on any atom is 0.416 e. The number of nitrogens with one attached hydrogen (secondary N) is 2. The van der Waals surface area contributed by atoms with Gasteiger partial charge in [-0.15, -0.1) is 0 Å². The monoisotopic (exact) mass is 344 g/mol. The first-order chi connectivity index (χ1) is 11.1. The summed E-state index contributed by atoms with van der Waals surface area (Å²) in [6.07, 6.45) is -1.59. The minimum Gasteiger partial charge on any atom is -0.355 e. The van der Waals surface area contributed by atoms with E-state index >= 15 is 0 Å². The normalized spacial score (nSPS) is 11.9. The van der Waals surface area contributed by atoms with E-state index in [1.165, 1.54) is 13.8 Å². The fourth-order valence-corrected chi connectivity index (χ4v) is 1.93. The van der Waals surface area contributed by atoms with Crippen molar-refractivity contribution >= 4 is 17.5 Å².